The van der Waals surface area contributed by atoms with Gasteiger partial charge in [-0.05, 0) is 36.8 Å². The number of imidazole rings is 2. The molecular formula is C34H34F3N9O3. The monoisotopic (exact) mass is 673 g/mol. The summed E-state index contributed by atoms with van der Waals surface area (Å²) in [6, 6.07) is 15.5. The second-order valence-electron chi connectivity index (χ2n) is 11.9. The van der Waals surface area contributed by atoms with Gasteiger partial charge in [-0.2, -0.15) is 18.3 Å². The van der Waals surface area contributed by atoms with Gasteiger partial charge in [0.1, 0.15) is 18.1 Å². The van der Waals surface area contributed by atoms with Crippen LogP contribution in [-0.4, -0.2) is 83.8 Å². The number of aromatic amines is 1. The number of benzene rings is 2. The van der Waals surface area contributed by atoms with Gasteiger partial charge in [0.25, 0.3) is 0 Å². The van der Waals surface area contributed by atoms with Gasteiger partial charge in [-0.15, -0.1) is 0 Å². The summed E-state index contributed by atoms with van der Waals surface area (Å²) < 4.78 is 56.3. The lowest BCUT2D eigenvalue weighted by Crippen LogP contribution is -2.39. The summed E-state index contributed by atoms with van der Waals surface area (Å²) in [7, 11) is 4.82. The zero-order valence-corrected chi connectivity index (χ0v) is 27.1. The molecule has 0 bridgehead atoms. The van der Waals surface area contributed by atoms with Crippen molar-refractivity contribution in [3.05, 3.63) is 84.3 Å². The molecule has 254 valence electrons. The minimum atomic E-state index is -4.78. The van der Waals surface area contributed by atoms with Gasteiger partial charge in [0.15, 0.2) is 0 Å². The first kappa shape index (κ1) is 32.1. The first-order valence-corrected chi connectivity index (χ1v) is 15.7. The van der Waals surface area contributed by atoms with E-state index < -0.39 is 30.5 Å². The van der Waals surface area contributed by atoms with E-state index in [1.54, 1.807) is 22.9 Å². The standard InChI is InChI=1S/C34H34F3N9O3/c1-43-12-10-22(42-43)19-44-13-11-28(31-38-18-27(39-31)24-16-21-6-4-5-7-25(21)40-32(24)49-3)45(15-14-44)30(47)20-46-29-17-23(48-2)8-9-26(29)41-33(46)34(35,36)37/h4-10,12,16-18,28H,11,13-15,19-20H2,1-3H3,(H,38,39)/t28-/m0/s1. The summed E-state index contributed by atoms with van der Waals surface area (Å²) in [6.45, 7) is 1.32. The number of methoxy groups -OCH3 is 2. The molecule has 4 aromatic heterocycles. The molecule has 2 aromatic carbocycles. The third-order valence-corrected chi connectivity index (χ3v) is 8.81. The van der Waals surface area contributed by atoms with Gasteiger partial charge >= 0.3 is 6.18 Å². The van der Waals surface area contributed by atoms with Crippen molar-refractivity contribution in [3.8, 4) is 22.9 Å². The molecule has 1 atom stereocenters. The van der Waals surface area contributed by atoms with Crippen molar-refractivity contribution in [2.24, 2.45) is 7.05 Å². The maximum atomic E-state index is 14.3. The Morgan fingerprint density at radius 2 is 1.84 bits per heavy atom. The number of fused-ring (bicyclic) bond motifs is 2. The molecule has 0 unspecified atom stereocenters. The Bertz CT molecular complexity index is 2140. The Kier molecular flexibility index (Phi) is 8.44. The van der Waals surface area contributed by atoms with Crippen molar-refractivity contribution >= 4 is 27.8 Å². The van der Waals surface area contributed by atoms with E-state index in [1.165, 1.54) is 25.3 Å². The smallest absolute Gasteiger partial charge is 0.449 e. The predicted molar refractivity (Wildman–Crippen MR) is 175 cm³/mol. The normalized spacial score (nSPS) is 16.0. The zero-order valence-electron chi connectivity index (χ0n) is 27.1. The zero-order chi connectivity index (χ0) is 34.3. The van der Waals surface area contributed by atoms with Crippen molar-refractivity contribution in [3.63, 3.8) is 0 Å². The lowest BCUT2D eigenvalue weighted by atomic mass is 10.1. The van der Waals surface area contributed by atoms with E-state index in [0.29, 0.717) is 54.8 Å². The average molecular weight is 674 g/mol. The average Bonchev–Trinajstić information content (AvgIpc) is 3.80. The van der Waals surface area contributed by atoms with E-state index in [0.717, 1.165) is 21.2 Å². The molecule has 1 fully saturated rings. The van der Waals surface area contributed by atoms with Crippen LogP contribution in [0.3, 0.4) is 0 Å². The van der Waals surface area contributed by atoms with Crippen molar-refractivity contribution in [1.29, 1.82) is 0 Å². The van der Waals surface area contributed by atoms with E-state index in [2.05, 4.69) is 25.0 Å². The van der Waals surface area contributed by atoms with E-state index in [-0.39, 0.29) is 17.6 Å². The highest BCUT2D eigenvalue weighted by Crippen LogP contribution is 2.35. The number of aryl methyl sites for hydroxylation is 1. The highest BCUT2D eigenvalue weighted by molar-refractivity contribution is 5.85. The third-order valence-electron chi connectivity index (χ3n) is 8.81. The first-order chi connectivity index (χ1) is 23.6. The second-order valence-corrected chi connectivity index (χ2v) is 11.9. The van der Waals surface area contributed by atoms with Gasteiger partial charge in [-0.3, -0.25) is 14.4 Å². The highest BCUT2D eigenvalue weighted by Gasteiger charge is 2.39. The maximum absolute atomic E-state index is 14.3. The molecule has 1 N–H and O–H groups in total. The molecule has 12 nitrogen and oxygen atoms in total. The molecule has 1 aliphatic rings. The summed E-state index contributed by atoms with van der Waals surface area (Å²) in [4.78, 5) is 34.6. The molecule has 6 aromatic rings. The van der Waals surface area contributed by atoms with Crippen LogP contribution in [0.15, 0.2) is 67.0 Å². The largest absolute Gasteiger partial charge is 0.497 e. The minimum Gasteiger partial charge on any atom is -0.497 e. The summed E-state index contributed by atoms with van der Waals surface area (Å²) in [5.74, 6) is -0.379. The van der Waals surface area contributed by atoms with Crippen LogP contribution in [0.1, 0.15) is 29.8 Å². The van der Waals surface area contributed by atoms with Gasteiger partial charge in [-0.25, -0.2) is 15.0 Å². The number of amides is 1. The van der Waals surface area contributed by atoms with Gasteiger partial charge in [0.05, 0.1) is 60.0 Å². The van der Waals surface area contributed by atoms with E-state index in [9.17, 15) is 18.0 Å². The number of hydrogen-bond donors (Lipinski definition) is 1. The number of H-pyrrole nitrogens is 1. The van der Waals surface area contributed by atoms with Crippen LogP contribution < -0.4 is 9.47 Å². The SMILES string of the molecule is COc1ccc2nc(C(F)(F)F)n(CC(=O)N3CCN(Cc4ccn(C)n4)CC[C@H]3c3ncc(-c4cc5ccccc5nc4OC)[nH]3)c2c1. The number of alkyl halides is 3. The van der Waals surface area contributed by atoms with Crippen LogP contribution in [0.25, 0.3) is 33.2 Å². The van der Waals surface area contributed by atoms with E-state index in [1.807, 2.05) is 49.6 Å². The van der Waals surface area contributed by atoms with Gasteiger partial charge < -0.3 is 23.9 Å². The molecule has 15 heteroatoms. The quantitative estimate of drug-likeness (QED) is 0.234. The number of nitrogens with one attached hydrogen (secondary N) is 1. The lowest BCUT2D eigenvalue weighted by molar-refractivity contribution is -0.148. The summed E-state index contributed by atoms with van der Waals surface area (Å²) in [5.41, 5.74) is 3.25. The fourth-order valence-electron chi connectivity index (χ4n) is 6.42. The molecule has 1 aliphatic heterocycles. The molecule has 7 rings (SSSR count). The molecule has 0 spiro atoms. The highest BCUT2D eigenvalue weighted by atomic mass is 19.4. The Morgan fingerprint density at radius 1 is 1.00 bits per heavy atom. The van der Waals surface area contributed by atoms with Crippen molar-refractivity contribution in [2.75, 3.05) is 33.9 Å². The summed E-state index contributed by atoms with van der Waals surface area (Å²) >= 11 is 0. The Hall–Kier alpha value is -5.44. The van der Waals surface area contributed by atoms with Gasteiger partial charge in [0.2, 0.25) is 17.6 Å². The molecule has 49 heavy (non-hydrogen) atoms. The maximum Gasteiger partial charge on any atom is 0.449 e. The fourth-order valence-corrected chi connectivity index (χ4v) is 6.42. The number of aromatic nitrogens is 7. The Balaban J connectivity index is 1.24. The molecule has 1 amide bonds. The van der Waals surface area contributed by atoms with Crippen LogP contribution in [0.4, 0.5) is 13.2 Å². The van der Waals surface area contributed by atoms with Gasteiger partial charge in [0, 0.05) is 50.9 Å². The molecular weight excluding hydrogens is 639 g/mol. The van der Waals surface area contributed by atoms with Crippen LogP contribution >= 0.6 is 0 Å². The van der Waals surface area contributed by atoms with Crippen LogP contribution in [0.2, 0.25) is 0 Å². The number of para-hydroxylation sites is 1. The lowest BCUT2D eigenvalue weighted by Gasteiger charge is -2.29. The number of hydrogen-bond acceptors (Lipinski definition) is 8. The first-order valence-electron chi connectivity index (χ1n) is 15.7. The topological polar surface area (TPSA) is 119 Å². The number of halogens is 3. The van der Waals surface area contributed by atoms with Crippen molar-refractivity contribution in [2.45, 2.75) is 31.7 Å². The number of ether oxygens (including phenoxy) is 2. The molecule has 5 heterocycles. The Morgan fingerprint density at radius 3 is 2.59 bits per heavy atom. The van der Waals surface area contributed by atoms with Crippen molar-refractivity contribution < 1.29 is 27.4 Å². The molecule has 0 aliphatic carbocycles. The van der Waals surface area contributed by atoms with E-state index in [4.69, 9.17) is 14.5 Å². The van der Waals surface area contributed by atoms with Crippen LogP contribution in [-0.2, 0) is 31.1 Å². The third kappa shape index (κ3) is 6.40. The number of nitrogens with zero attached hydrogens (tertiary/aromatic N) is 8. The number of pyridine rings is 1. The predicted octanol–water partition coefficient (Wildman–Crippen LogP) is 5.22. The molecule has 0 saturated carbocycles. The summed E-state index contributed by atoms with van der Waals surface area (Å²) in [6.07, 6.45) is -0.772. The second kappa shape index (κ2) is 12.9. The van der Waals surface area contributed by atoms with Crippen LogP contribution in [0.5, 0.6) is 11.6 Å². The number of rotatable bonds is 8. The van der Waals surface area contributed by atoms with E-state index >= 15 is 0 Å². The number of carbonyl (C=O) groups is 1. The molecule has 0 radical (unpaired) electrons. The molecule has 1 saturated heterocycles. The van der Waals surface area contributed by atoms with Gasteiger partial charge in [-0.1, -0.05) is 18.2 Å². The minimum absolute atomic E-state index is 0.114. The summed E-state index contributed by atoms with van der Waals surface area (Å²) in [5, 5.41) is 5.41. The Labute approximate surface area is 279 Å². The van der Waals surface area contributed by atoms with Crippen LogP contribution in [0, 0.1) is 0 Å². The fraction of sp³-hybridized carbons (Fsp3) is 0.324. The van der Waals surface area contributed by atoms with Crippen molar-refractivity contribution in [1.82, 2.24) is 44.1 Å². The number of carbonyl (C=O) groups excluding carboxylic acids is 1.